The molecule has 17 heavy (non-hydrogen) atoms. The maximum atomic E-state index is 13.5. The van der Waals surface area contributed by atoms with Gasteiger partial charge in [0.25, 0.3) is 0 Å². The minimum absolute atomic E-state index is 0.0146. The van der Waals surface area contributed by atoms with E-state index in [0.29, 0.717) is 0 Å². The molecule has 0 fully saturated rings. The fourth-order valence-electron chi connectivity index (χ4n) is 1.40. The van der Waals surface area contributed by atoms with Crippen LogP contribution in [0.4, 0.5) is 8.78 Å². The second-order valence-electron chi connectivity index (χ2n) is 3.32. The Morgan fingerprint density at radius 2 is 2.00 bits per heavy atom. The average Bonchev–Trinajstić information content (AvgIpc) is 2.28. The number of ketones is 1. The predicted molar refractivity (Wildman–Crippen MR) is 59.0 cm³/mol. The van der Waals surface area contributed by atoms with Gasteiger partial charge in [0, 0.05) is 11.8 Å². The molecule has 0 saturated carbocycles. The number of nitrogens with zero attached hydrogens (tertiary/aromatic N) is 1. The summed E-state index contributed by atoms with van der Waals surface area (Å²) in [7, 11) is 0. The number of carbonyl (C=O) groups is 1. The molecule has 2 aromatic rings. The number of hydrogen-bond donors (Lipinski definition) is 0. The number of halogens is 3. The van der Waals surface area contributed by atoms with E-state index in [2.05, 4.69) is 4.98 Å². The van der Waals surface area contributed by atoms with Crippen LogP contribution in [0, 0.1) is 11.6 Å². The van der Waals surface area contributed by atoms with Crippen molar-refractivity contribution in [2.45, 2.75) is 0 Å². The Hall–Kier alpha value is -1.81. The van der Waals surface area contributed by atoms with Gasteiger partial charge in [0.15, 0.2) is 5.78 Å². The third kappa shape index (κ3) is 2.31. The van der Waals surface area contributed by atoms with Gasteiger partial charge in [0.2, 0.25) is 0 Å². The molecule has 0 N–H and O–H groups in total. The minimum Gasteiger partial charge on any atom is -0.288 e. The van der Waals surface area contributed by atoms with Gasteiger partial charge in [-0.2, -0.15) is 0 Å². The van der Waals surface area contributed by atoms with Gasteiger partial charge >= 0.3 is 0 Å². The van der Waals surface area contributed by atoms with Gasteiger partial charge in [0.1, 0.15) is 11.6 Å². The monoisotopic (exact) mass is 253 g/mol. The molecular formula is C12H6ClF2NO. The smallest absolute Gasteiger partial charge is 0.199 e. The van der Waals surface area contributed by atoms with E-state index < -0.39 is 17.4 Å². The van der Waals surface area contributed by atoms with Gasteiger partial charge < -0.3 is 0 Å². The van der Waals surface area contributed by atoms with Crippen LogP contribution in [0.15, 0.2) is 36.7 Å². The molecule has 0 saturated heterocycles. The Balaban J connectivity index is 2.51. The zero-order valence-corrected chi connectivity index (χ0v) is 9.21. The Kier molecular flexibility index (Phi) is 3.15. The highest BCUT2D eigenvalue weighted by molar-refractivity contribution is 6.35. The molecule has 2 nitrogen and oxygen atoms in total. The maximum absolute atomic E-state index is 13.5. The number of hydrogen-bond acceptors (Lipinski definition) is 2. The summed E-state index contributed by atoms with van der Waals surface area (Å²) < 4.78 is 26.4. The van der Waals surface area contributed by atoms with Gasteiger partial charge in [-0.3, -0.25) is 9.78 Å². The Morgan fingerprint density at radius 3 is 2.65 bits per heavy atom. The van der Waals surface area contributed by atoms with E-state index >= 15 is 0 Å². The first kappa shape index (κ1) is 11.7. The highest BCUT2D eigenvalue weighted by atomic mass is 35.5. The lowest BCUT2D eigenvalue weighted by Gasteiger charge is -2.04. The lowest BCUT2D eigenvalue weighted by atomic mass is 10.0. The van der Waals surface area contributed by atoms with Crippen molar-refractivity contribution in [3.05, 3.63) is 64.4 Å². The van der Waals surface area contributed by atoms with Crippen molar-refractivity contribution in [1.82, 2.24) is 4.98 Å². The van der Waals surface area contributed by atoms with Crippen molar-refractivity contribution in [2.24, 2.45) is 0 Å². The summed E-state index contributed by atoms with van der Waals surface area (Å²) in [5, 5.41) is -0.0146. The molecule has 0 spiro atoms. The lowest BCUT2D eigenvalue weighted by Crippen LogP contribution is -2.06. The fraction of sp³-hybridized carbons (Fsp3) is 0. The number of benzene rings is 1. The van der Waals surface area contributed by atoms with Gasteiger partial charge in [-0.05, 0) is 18.2 Å². The van der Waals surface area contributed by atoms with Crippen LogP contribution in [0.1, 0.15) is 15.9 Å². The molecule has 1 aromatic heterocycles. The van der Waals surface area contributed by atoms with Crippen molar-refractivity contribution in [3.63, 3.8) is 0 Å². The largest absolute Gasteiger partial charge is 0.288 e. The van der Waals surface area contributed by atoms with E-state index in [0.717, 1.165) is 24.5 Å². The van der Waals surface area contributed by atoms with Crippen LogP contribution >= 0.6 is 11.6 Å². The SMILES string of the molecule is O=C(c1cncc(F)c1)c1c(F)cccc1Cl. The molecule has 0 bridgehead atoms. The molecule has 1 heterocycles. The topological polar surface area (TPSA) is 30.0 Å². The Morgan fingerprint density at radius 1 is 1.24 bits per heavy atom. The third-order valence-electron chi connectivity index (χ3n) is 2.16. The molecule has 86 valence electrons. The predicted octanol–water partition coefficient (Wildman–Crippen LogP) is 3.24. The number of carbonyl (C=O) groups excluding carboxylic acids is 1. The first-order valence-electron chi connectivity index (χ1n) is 4.69. The summed E-state index contributed by atoms with van der Waals surface area (Å²) in [5.41, 5.74) is -0.321. The lowest BCUT2D eigenvalue weighted by molar-refractivity contribution is 0.103. The van der Waals surface area contributed by atoms with E-state index in [1.165, 1.54) is 12.1 Å². The number of aromatic nitrogens is 1. The third-order valence-corrected chi connectivity index (χ3v) is 2.47. The number of rotatable bonds is 2. The normalized spacial score (nSPS) is 10.3. The maximum Gasteiger partial charge on any atom is 0.199 e. The molecule has 0 amide bonds. The summed E-state index contributed by atoms with van der Waals surface area (Å²) in [6, 6.07) is 4.88. The molecular weight excluding hydrogens is 248 g/mol. The zero-order chi connectivity index (χ0) is 12.4. The first-order valence-corrected chi connectivity index (χ1v) is 5.06. The van der Waals surface area contributed by atoms with Gasteiger partial charge in [-0.15, -0.1) is 0 Å². The van der Waals surface area contributed by atoms with Crippen molar-refractivity contribution < 1.29 is 13.6 Å². The Labute approximate surface area is 101 Å². The standard InChI is InChI=1S/C12H6ClF2NO/c13-9-2-1-3-10(15)11(9)12(17)7-4-8(14)6-16-5-7/h1-6H. The Bertz CT molecular complexity index is 566. The van der Waals surface area contributed by atoms with Crippen LogP contribution in [-0.4, -0.2) is 10.8 Å². The average molecular weight is 254 g/mol. The molecule has 0 aliphatic carbocycles. The van der Waals surface area contributed by atoms with Crippen molar-refractivity contribution in [1.29, 1.82) is 0 Å². The number of pyridine rings is 1. The minimum atomic E-state index is -0.744. The quantitative estimate of drug-likeness (QED) is 0.769. The van der Waals surface area contributed by atoms with E-state index in [9.17, 15) is 13.6 Å². The van der Waals surface area contributed by atoms with Gasteiger partial charge in [0.05, 0.1) is 16.8 Å². The van der Waals surface area contributed by atoms with Crippen LogP contribution in [-0.2, 0) is 0 Å². The van der Waals surface area contributed by atoms with Crippen LogP contribution in [0.5, 0.6) is 0 Å². The van der Waals surface area contributed by atoms with E-state index in [1.807, 2.05) is 0 Å². The fourth-order valence-corrected chi connectivity index (χ4v) is 1.64. The van der Waals surface area contributed by atoms with E-state index in [4.69, 9.17) is 11.6 Å². The van der Waals surface area contributed by atoms with E-state index in [-0.39, 0.29) is 16.1 Å². The van der Waals surface area contributed by atoms with E-state index in [1.54, 1.807) is 0 Å². The molecule has 0 radical (unpaired) electrons. The molecule has 0 aliphatic heterocycles. The summed E-state index contributed by atoms with van der Waals surface area (Å²) in [4.78, 5) is 15.4. The second kappa shape index (κ2) is 4.59. The van der Waals surface area contributed by atoms with Crippen LogP contribution in [0.3, 0.4) is 0 Å². The second-order valence-corrected chi connectivity index (χ2v) is 3.72. The summed E-state index contributed by atoms with van der Waals surface area (Å²) in [5.74, 6) is -2.10. The van der Waals surface area contributed by atoms with Crippen molar-refractivity contribution in [2.75, 3.05) is 0 Å². The van der Waals surface area contributed by atoms with Gasteiger partial charge in [-0.1, -0.05) is 17.7 Å². The molecule has 0 aliphatic rings. The molecule has 5 heteroatoms. The molecule has 0 unspecified atom stereocenters. The van der Waals surface area contributed by atoms with Crippen LogP contribution < -0.4 is 0 Å². The summed E-state index contributed by atoms with van der Waals surface area (Å²) >= 11 is 5.74. The molecule has 2 rings (SSSR count). The first-order chi connectivity index (χ1) is 8.09. The van der Waals surface area contributed by atoms with Gasteiger partial charge in [-0.25, -0.2) is 8.78 Å². The zero-order valence-electron chi connectivity index (χ0n) is 8.45. The van der Waals surface area contributed by atoms with Crippen molar-refractivity contribution >= 4 is 17.4 Å². The summed E-state index contributed by atoms with van der Waals surface area (Å²) in [6.07, 6.45) is 2.12. The molecule has 1 aromatic carbocycles. The highest BCUT2D eigenvalue weighted by Gasteiger charge is 2.18. The highest BCUT2D eigenvalue weighted by Crippen LogP contribution is 2.22. The summed E-state index contributed by atoms with van der Waals surface area (Å²) in [6.45, 7) is 0. The van der Waals surface area contributed by atoms with Crippen LogP contribution in [0.2, 0.25) is 5.02 Å². The molecule has 0 atom stereocenters. The van der Waals surface area contributed by atoms with Crippen LogP contribution in [0.25, 0.3) is 0 Å². The van der Waals surface area contributed by atoms with Crippen molar-refractivity contribution in [3.8, 4) is 0 Å².